The molecule has 2 heterocycles. The number of hydrogen-bond donors (Lipinski definition) is 2. The molecular weight excluding hydrogens is 773 g/mol. The van der Waals surface area contributed by atoms with Crippen molar-refractivity contribution in [2.24, 2.45) is 5.73 Å². The van der Waals surface area contributed by atoms with Crippen LogP contribution in [-0.4, -0.2) is 82.9 Å². The Bertz CT molecular complexity index is 1990. The Labute approximate surface area is 370 Å². The number of Topliss-reactive ketones (excluding diaryl/α,β-unsaturated/α-hetero) is 1. The van der Waals surface area contributed by atoms with E-state index in [-0.39, 0.29) is 17.6 Å². The highest BCUT2D eigenvalue weighted by Crippen LogP contribution is 2.16. The van der Waals surface area contributed by atoms with Crippen molar-refractivity contribution in [2.45, 2.75) is 64.7 Å². The first-order valence-corrected chi connectivity index (χ1v) is 21.7. The number of likely N-dealkylation sites (tertiary alicyclic amines) is 1. The molecule has 2 fully saturated rings. The van der Waals surface area contributed by atoms with Crippen molar-refractivity contribution < 1.29 is 19.2 Å². The smallest absolute Gasteiger partial charge is 0.248 e. The van der Waals surface area contributed by atoms with E-state index >= 15 is 0 Å². The second kappa shape index (κ2) is 28.9. The van der Waals surface area contributed by atoms with Crippen molar-refractivity contribution >= 4 is 40.6 Å². The summed E-state index contributed by atoms with van der Waals surface area (Å²) in [4.78, 5) is 53.1. The van der Waals surface area contributed by atoms with E-state index in [0.717, 1.165) is 68.7 Å². The van der Waals surface area contributed by atoms with Gasteiger partial charge >= 0.3 is 0 Å². The topological polar surface area (TPSA) is 119 Å². The summed E-state index contributed by atoms with van der Waals surface area (Å²) in [7, 11) is 8.14. The van der Waals surface area contributed by atoms with E-state index in [1.54, 1.807) is 24.3 Å². The van der Waals surface area contributed by atoms with Gasteiger partial charge in [0, 0.05) is 95.3 Å². The van der Waals surface area contributed by atoms with Crippen LogP contribution < -0.4 is 25.8 Å². The minimum Gasteiger partial charge on any atom is -0.378 e. The summed E-state index contributed by atoms with van der Waals surface area (Å²) in [6.45, 7) is 5.31. The molecule has 10 nitrogen and oxygen atoms in total. The van der Waals surface area contributed by atoms with Crippen molar-refractivity contribution in [3.8, 4) is 0 Å². The Morgan fingerprint density at radius 2 is 1.08 bits per heavy atom. The lowest BCUT2D eigenvalue weighted by molar-refractivity contribution is -0.130. The van der Waals surface area contributed by atoms with Crippen LogP contribution in [0.15, 0.2) is 146 Å². The molecule has 0 spiro atoms. The van der Waals surface area contributed by atoms with Gasteiger partial charge in [0.05, 0.1) is 6.67 Å². The fourth-order valence-electron chi connectivity index (χ4n) is 6.41. The Morgan fingerprint density at radius 3 is 1.61 bits per heavy atom. The molecule has 330 valence electrons. The van der Waals surface area contributed by atoms with Gasteiger partial charge in [-0.2, -0.15) is 0 Å². The van der Waals surface area contributed by atoms with Gasteiger partial charge < -0.3 is 30.7 Å². The third-order valence-electron chi connectivity index (χ3n) is 10.2. The van der Waals surface area contributed by atoms with Crippen molar-refractivity contribution in [3.63, 3.8) is 0 Å². The molecule has 0 saturated carbocycles. The van der Waals surface area contributed by atoms with Crippen LogP contribution in [0.25, 0.3) is 0 Å². The van der Waals surface area contributed by atoms with Gasteiger partial charge in [0.2, 0.25) is 17.7 Å². The van der Waals surface area contributed by atoms with Crippen LogP contribution >= 0.6 is 0 Å². The SMILES string of the molecule is CN(CCC(=O)c1ccccc1)c1ccccc1.CN(CN1CCCCCC1=O)c1ccccc1.Cc1ccc(N(C)C)cc1.NC(=O)c1ccccc1.O=C1CCCCCN1. The largest absolute Gasteiger partial charge is 0.378 e. The van der Waals surface area contributed by atoms with Crippen LogP contribution in [0, 0.1) is 6.92 Å². The van der Waals surface area contributed by atoms with E-state index in [0.29, 0.717) is 31.0 Å². The second-order valence-electron chi connectivity index (χ2n) is 15.6. The molecule has 3 amide bonds. The number of carbonyl (C=O) groups is 4. The number of benzene rings is 5. The summed E-state index contributed by atoms with van der Waals surface area (Å²) < 4.78 is 0. The molecule has 0 radical (unpaired) electrons. The first-order valence-electron chi connectivity index (χ1n) is 21.7. The molecule has 5 aromatic carbocycles. The Kier molecular flexibility index (Phi) is 23.3. The van der Waals surface area contributed by atoms with Gasteiger partial charge in [-0.05, 0) is 81.1 Å². The standard InChI is InChI=1S/C16H17NO.C14H20N2O.C9H13N.C7H7NO.C6H11NO/c1-17(15-10-6-3-7-11-15)13-12-16(18)14-8-4-2-5-9-14;1-15(13-8-4-2-5-9-13)12-16-11-7-3-6-10-14(16)17;1-8-4-6-9(7-5-8)10(2)3;8-7(9)6-4-2-1-3-5-6;8-6-4-2-1-3-5-7-6/h2-11H,12-13H2,1H3;2,4-5,8-9H,3,6-7,10-12H2,1H3;4-7H,1-3H3;1-5H,(H2,8,9);1-5H2,(H,7,8). The van der Waals surface area contributed by atoms with Crippen LogP contribution in [0.1, 0.15) is 84.1 Å². The monoisotopic (exact) mass is 841 g/mol. The predicted molar refractivity (Wildman–Crippen MR) is 257 cm³/mol. The van der Waals surface area contributed by atoms with E-state index < -0.39 is 0 Å². The highest BCUT2D eigenvalue weighted by Gasteiger charge is 2.17. The third-order valence-corrected chi connectivity index (χ3v) is 10.2. The summed E-state index contributed by atoms with van der Waals surface area (Å²) >= 11 is 0. The number of anilines is 3. The van der Waals surface area contributed by atoms with Gasteiger partial charge in [0.1, 0.15) is 0 Å². The number of aryl methyl sites for hydroxylation is 1. The Balaban J connectivity index is 0.000000215. The van der Waals surface area contributed by atoms with Crippen LogP contribution in [0.4, 0.5) is 17.1 Å². The fourth-order valence-corrected chi connectivity index (χ4v) is 6.41. The lowest BCUT2D eigenvalue weighted by Gasteiger charge is -2.28. The van der Waals surface area contributed by atoms with Gasteiger partial charge in [-0.1, -0.05) is 115 Å². The molecule has 0 unspecified atom stereocenters. The van der Waals surface area contributed by atoms with E-state index in [1.807, 2.05) is 118 Å². The molecule has 62 heavy (non-hydrogen) atoms. The van der Waals surface area contributed by atoms with Crippen molar-refractivity contribution in [1.29, 1.82) is 0 Å². The van der Waals surface area contributed by atoms with E-state index in [9.17, 15) is 19.2 Å². The molecule has 2 aliphatic heterocycles. The number of nitrogens with zero attached hydrogens (tertiary/aromatic N) is 4. The lowest BCUT2D eigenvalue weighted by Crippen LogP contribution is -2.39. The number of para-hydroxylation sites is 2. The van der Waals surface area contributed by atoms with Crippen molar-refractivity contribution in [1.82, 2.24) is 10.2 Å². The summed E-state index contributed by atoms with van der Waals surface area (Å²) in [6, 6.07) is 47.0. The molecule has 7 rings (SSSR count). The minimum atomic E-state index is -0.379. The number of hydrogen-bond acceptors (Lipinski definition) is 7. The van der Waals surface area contributed by atoms with Gasteiger partial charge in [0.15, 0.2) is 5.78 Å². The average molecular weight is 841 g/mol. The molecule has 5 aromatic rings. The molecule has 2 aliphatic rings. The number of nitrogens with two attached hydrogens (primary N) is 1. The zero-order valence-electron chi connectivity index (χ0n) is 37.5. The summed E-state index contributed by atoms with van der Waals surface area (Å²) in [5, 5.41) is 2.81. The molecule has 2 saturated heterocycles. The van der Waals surface area contributed by atoms with Crippen molar-refractivity contribution in [3.05, 3.63) is 162 Å². The molecule has 0 aromatic heterocycles. The maximum atomic E-state index is 12.0. The van der Waals surface area contributed by atoms with Gasteiger partial charge in [-0.3, -0.25) is 19.2 Å². The summed E-state index contributed by atoms with van der Waals surface area (Å²) in [5.41, 5.74) is 11.2. The Morgan fingerprint density at radius 1 is 0.581 bits per heavy atom. The first kappa shape index (κ1) is 49.9. The summed E-state index contributed by atoms with van der Waals surface area (Å²) in [6.07, 6.45) is 8.78. The summed E-state index contributed by atoms with van der Waals surface area (Å²) in [5.74, 6) is 0.335. The molecule has 3 N–H and O–H groups in total. The highest BCUT2D eigenvalue weighted by molar-refractivity contribution is 5.96. The minimum absolute atomic E-state index is 0.193. The predicted octanol–water partition coefficient (Wildman–Crippen LogP) is 9.40. The first-order chi connectivity index (χ1) is 29.9. The number of ketones is 1. The number of primary amides is 1. The molecule has 0 bridgehead atoms. The normalized spacial score (nSPS) is 13.1. The van der Waals surface area contributed by atoms with Gasteiger partial charge in [-0.15, -0.1) is 0 Å². The van der Waals surface area contributed by atoms with Crippen LogP contribution in [0.2, 0.25) is 0 Å². The zero-order chi connectivity index (χ0) is 45.0. The Hall–Kier alpha value is -6.42. The van der Waals surface area contributed by atoms with Gasteiger partial charge in [-0.25, -0.2) is 0 Å². The number of carbonyl (C=O) groups excluding carboxylic acids is 4. The van der Waals surface area contributed by atoms with Gasteiger partial charge in [0.25, 0.3) is 0 Å². The van der Waals surface area contributed by atoms with Crippen LogP contribution in [0.5, 0.6) is 0 Å². The molecular formula is C52H68N6O4. The number of nitrogens with one attached hydrogen (secondary N) is 1. The lowest BCUT2D eigenvalue weighted by atomic mass is 10.1. The van der Waals surface area contributed by atoms with E-state index in [1.165, 1.54) is 24.1 Å². The van der Waals surface area contributed by atoms with E-state index in [4.69, 9.17) is 5.73 Å². The van der Waals surface area contributed by atoms with Crippen LogP contribution in [-0.2, 0) is 9.59 Å². The quantitative estimate of drug-likeness (QED) is 0.135. The fraction of sp³-hybridized carbons (Fsp3) is 0.346. The maximum Gasteiger partial charge on any atom is 0.248 e. The average Bonchev–Trinajstić information content (AvgIpc) is 3.68. The van der Waals surface area contributed by atoms with E-state index in [2.05, 4.69) is 63.3 Å². The number of amides is 3. The molecule has 10 heteroatoms. The highest BCUT2D eigenvalue weighted by atomic mass is 16.2. The number of rotatable bonds is 10. The van der Waals surface area contributed by atoms with Crippen molar-refractivity contribution in [2.75, 3.05) is 69.2 Å². The maximum absolute atomic E-state index is 12.0. The van der Waals surface area contributed by atoms with Crippen LogP contribution in [0.3, 0.4) is 0 Å². The molecule has 0 atom stereocenters. The molecule has 0 aliphatic carbocycles. The zero-order valence-corrected chi connectivity index (χ0v) is 37.5. The second-order valence-corrected chi connectivity index (χ2v) is 15.6. The third kappa shape index (κ3) is 20.2.